The number of aliphatic imine (C=N–C) groups is 1. The molecule has 1 unspecified atom stereocenters. The van der Waals surface area contributed by atoms with Crippen LogP contribution in [0.4, 0.5) is 0 Å². The second-order valence-electron chi connectivity index (χ2n) is 8.19. The van der Waals surface area contributed by atoms with Crippen LogP contribution < -0.4 is 0 Å². The molecule has 34 heavy (non-hydrogen) atoms. The summed E-state index contributed by atoms with van der Waals surface area (Å²) in [4.78, 5) is 22.6. The number of thioether (sulfide) groups is 1. The fraction of sp³-hybridized carbons (Fsp3) is 0.154. The smallest absolute Gasteiger partial charge is 0.223 e. The zero-order valence-corrected chi connectivity index (χ0v) is 19.7. The first-order chi connectivity index (χ1) is 16.7. The summed E-state index contributed by atoms with van der Waals surface area (Å²) in [7, 11) is 0. The Balaban J connectivity index is 1.59. The van der Waals surface area contributed by atoms with Gasteiger partial charge in [0.25, 0.3) is 0 Å². The second kappa shape index (κ2) is 8.65. The molecule has 8 heteroatoms. The number of thiophene rings is 1. The first-order valence-corrected chi connectivity index (χ1v) is 12.8. The van der Waals surface area contributed by atoms with Crippen LogP contribution in [0.5, 0.6) is 0 Å². The summed E-state index contributed by atoms with van der Waals surface area (Å²) in [6.45, 7) is 0.851. The zero-order chi connectivity index (χ0) is 23.1. The van der Waals surface area contributed by atoms with Gasteiger partial charge in [0, 0.05) is 49.4 Å². The van der Waals surface area contributed by atoms with Gasteiger partial charge < -0.3 is 4.90 Å². The van der Waals surface area contributed by atoms with Gasteiger partial charge in [-0.05, 0) is 40.0 Å². The summed E-state index contributed by atoms with van der Waals surface area (Å²) in [6.07, 6.45) is 0.0271. The highest BCUT2D eigenvalue weighted by atomic mass is 32.2. The summed E-state index contributed by atoms with van der Waals surface area (Å²) in [5.74, 6) is 0.449. The molecule has 1 saturated heterocycles. The molecule has 2 aliphatic rings. The van der Waals surface area contributed by atoms with E-state index in [1.807, 2.05) is 18.2 Å². The second-order valence-corrected chi connectivity index (χ2v) is 10.3. The van der Waals surface area contributed by atoms with Crippen LogP contribution in [0, 0.1) is 0 Å². The Labute approximate surface area is 204 Å². The predicted molar refractivity (Wildman–Crippen MR) is 141 cm³/mol. The zero-order valence-electron chi connectivity index (χ0n) is 18.1. The van der Waals surface area contributed by atoms with Crippen molar-refractivity contribution in [2.45, 2.75) is 12.5 Å². The molecule has 3 aromatic carbocycles. The van der Waals surface area contributed by atoms with Crippen molar-refractivity contribution in [3.63, 3.8) is 0 Å². The molecular weight excluding hydrogens is 462 g/mol. The summed E-state index contributed by atoms with van der Waals surface area (Å²) in [5.41, 5.74) is 12.6. The topological polar surface area (TPSA) is 81.4 Å². The molecular formula is C26H19N5OS2. The molecule has 2 aliphatic heterocycles. The van der Waals surface area contributed by atoms with Crippen molar-refractivity contribution in [3.05, 3.63) is 99.9 Å². The van der Waals surface area contributed by atoms with Crippen molar-refractivity contribution in [1.82, 2.24) is 4.90 Å². The fourth-order valence-electron chi connectivity index (χ4n) is 4.80. The Morgan fingerprint density at radius 1 is 1.06 bits per heavy atom. The fourth-order valence-corrected chi connectivity index (χ4v) is 6.88. The maximum atomic E-state index is 12.6. The van der Waals surface area contributed by atoms with Crippen LogP contribution in [0.2, 0.25) is 0 Å². The minimum atomic E-state index is -0.497. The minimum absolute atomic E-state index is 0.0271. The van der Waals surface area contributed by atoms with Crippen molar-refractivity contribution in [3.8, 4) is 0 Å². The maximum Gasteiger partial charge on any atom is 0.223 e. The van der Waals surface area contributed by atoms with E-state index in [1.165, 1.54) is 20.2 Å². The van der Waals surface area contributed by atoms with Crippen molar-refractivity contribution < 1.29 is 4.79 Å². The predicted octanol–water partition coefficient (Wildman–Crippen LogP) is 7.15. The van der Waals surface area contributed by atoms with E-state index in [2.05, 4.69) is 69.5 Å². The van der Waals surface area contributed by atoms with Crippen molar-refractivity contribution >= 4 is 60.0 Å². The molecule has 6 rings (SSSR count). The highest BCUT2D eigenvalue weighted by molar-refractivity contribution is 8.14. The number of carbonyl (C=O) groups is 1. The quantitative estimate of drug-likeness (QED) is 0.176. The Morgan fingerprint density at radius 3 is 2.71 bits per heavy atom. The number of nitrogens with zero attached hydrogens (tertiary/aromatic N) is 5. The lowest BCUT2D eigenvalue weighted by Crippen LogP contribution is -2.34. The molecule has 0 saturated carbocycles. The highest BCUT2D eigenvalue weighted by Gasteiger charge is 2.37. The van der Waals surface area contributed by atoms with E-state index in [-0.39, 0.29) is 12.5 Å². The Bertz CT molecular complexity index is 1550. The first kappa shape index (κ1) is 21.0. The summed E-state index contributed by atoms with van der Waals surface area (Å²) in [6, 6.07) is 24.9. The van der Waals surface area contributed by atoms with E-state index in [4.69, 9.17) is 10.5 Å². The number of rotatable bonds is 4. The Kier molecular flexibility index (Phi) is 5.34. The average Bonchev–Trinajstić information content (AvgIpc) is 3.48. The number of carbonyl (C=O) groups excluding carboxylic acids is 1. The van der Waals surface area contributed by atoms with Gasteiger partial charge in [-0.2, -0.15) is 0 Å². The highest BCUT2D eigenvalue weighted by Crippen LogP contribution is 2.45. The summed E-state index contributed by atoms with van der Waals surface area (Å²) in [5, 5.41) is 6.75. The third-order valence-corrected chi connectivity index (χ3v) is 8.35. The van der Waals surface area contributed by atoms with Gasteiger partial charge in [0.1, 0.15) is 0 Å². The minimum Gasteiger partial charge on any atom is -0.339 e. The molecule has 1 amide bonds. The molecule has 0 radical (unpaired) electrons. The molecule has 3 heterocycles. The molecule has 0 aliphatic carbocycles. The maximum absolute atomic E-state index is 12.6. The van der Waals surface area contributed by atoms with Crippen LogP contribution in [-0.2, 0) is 4.79 Å². The van der Waals surface area contributed by atoms with Crippen LogP contribution in [-0.4, -0.2) is 28.3 Å². The van der Waals surface area contributed by atoms with Gasteiger partial charge in [-0.3, -0.25) is 4.79 Å². The molecule has 4 aromatic rings. The number of hydrogen-bond acceptors (Lipinski definition) is 5. The third-order valence-electron chi connectivity index (χ3n) is 6.23. The van der Waals surface area contributed by atoms with Crippen LogP contribution in [0.1, 0.15) is 23.6 Å². The SMILES string of the molecule is [N-]=[N+]=NC(=O)CC1=C(c2ccc3sc4ccccc4c3c2)N=C2SCCN2C1c1ccccc1. The average molecular weight is 482 g/mol. The van der Waals surface area contributed by atoms with Crippen LogP contribution >= 0.6 is 23.1 Å². The van der Waals surface area contributed by atoms with Gasteiger partial charge in [-0.25, -0.2) is 4.99 Å². The Morgan fingerprint density at radius 2 is 1.85 bits per heavy atom. The normalized spacial score (nSPS) is 17.6. The molecule has 166 valence electrons. The Hall–Kier alpha value is -3.58. The van der Waals surface area contributed by atoms with Crippen LogP contribution in [0.3, 0.4) is 0 Å². The number of fused-ring (bicyclic) bond motifs is 4. The number of amidine groups is 1. The van der Waals surface area contributed by atoms with E-state index >= 15 is 0 Å². The van der Waals surface area contributed by atoms with Gasteiger partial charge in [0.2, 0.25) is 5.91 Å². The molecule has 6 nitrogen and oxygen atoms in total. The number of amides is 1. The van der Waals surface area contributed by atoms with Crippen LogP contribution in [0.15, 0.2) is 88.5 Å². The van der Waals surface area contributed by atoms with Crippen molar-refractivity contribution in [2.24, 2.45) is 10.1 Å². The van der Waals surface area contributed by atoms with Gasteiger partial charge in [0.05, 0.1) is 11.7 Å². The van der Waals surface area contributed by atoms with E-state index in [0.29, 0.717) is 0 Å². The molecule has 0 N–H and O–H groups in total. The lowest BCUT2D eigenvalue weighted by molar-refractivity contribution is -0.117. The first-order valence-electron chi connectivity index (χ1n) is 11.0. The molecule has 1 fully saturated rings. The number of hydrogen-bond donors (Lipinski definition) is 0. The number of benzene rings is 3. The van der Waals surface area contributed by atoms with E-state index in [0.717, 1.165) is 39.9 Å². The van der Waals surface area contributed by atoms with E-state index in [9.17, 15) is 4.79 Å². The largest absolute Gasteiger partial charge is 0.339 e. The van der Waals surface area contributed by atoms with Gasteiger partial charge in [0.15, 0.2) is 5.17 Å². The van der Waals surface area contributed by atoms with Gasteiger partial charge >= 0.3 is 0 Å². The monoisotopic (exact) mass is 481 g/mol. The van der Waals surface area contributed by atoms with E-state index < -0.39 is 5.91 Å². The molecule has 0 spiro atoms. The molecule has 0 bridgehead atoms. The van der Waals surface area contributed by atoms with Crippen molar-refractivity contribution in [1.29, 1.82) is 0 Å². The molecule has 1 aromatic heterocycles. The molecule has 1 atom stereocenters. The standard InChI is InChI=1S/C26H19N5OS2/c27-30-29-23(32)15-20-24(17-10-11-22-19(14-17)18-8-4-5-9-21(18)34-22)28-26-31(12-13-33-26)25(20)16-6-2-1-3-7-16/h1-11,14,25H,12-13,15H2. The van der Waals surface area contributed by atoms with Gasteiger partial charge in [-0.1, -0.05) is 66.4 Å². The van der Waals surface area contributed by atoms with Crippen LogP contribution in [0.25, 0.3) is 36.3 Å². The van der Waals surface area contributed by atoms with E-state index in [1.54, 1.807) is 23.1 Å². The summed E-state index contributed by atoms with van der Waals surface area (Å²) < 4.78 is 2.47. The summed E-state index contributed by atoms with van der Waals surface area (Å²) >= 11 is 3.51. The lowest BCUT2D eigenvalue weighted by atomic mass is 9.89. The number of azide groups is 1. The van der Waals surface area contributed by atoms with Crippen molar-refractivity contribution in [2.75, 3.05) is 12.3 Å². The lowest BCUT2D eigenvalue weighted by Gasteiger charge is -2.36. The third kappa shape index (κ3) is 3.56. The van der Waals surface area contributed by atoms with Gasteiger partial charge in [-0.15, -0.1) is 11.3 Å².